The van der Waals surface area contributed by atoms with Crippen LogP contribution in [0.5, 0.6) is 5.75 Å². The molecule has 2 heterocycles. The van der Waals surface area contributed by atoms with Crippen LogP contribution in [0.1, 0.15) is 0 Å². The van der Waals surface area contributed by atoms with Gasteiger partial charge in [-0.1, -0.05) is 0 Å². The Hall–Kier alpha value is -1.75. The van der Waals surface area contributed by atoms with Crippen molar-refractivity contribution >= 4 is 15.7 Å². The van der Waals surface area contributed by atoms with Gasteiger partial charge in [-0.25, -0.2) is 13.6 Å². The summed E-state index contributed by atoms with van der Waals surface area (Å²) in [5.41, 5.74) is -0.104. The van der Waals surface area contributed by atoms with Gasteiger partial charge in [-0.15, -0.1) is 0 Å². The van der Waals surface area contributed by atoms with Crippen molar-refractivity contribution in [2.45, 2.75) is 4.90 Å². The predicted octanol–water partition coefficient (Wildman–Crippen LogP) is -0.0468. The molecule has 9 nitrogen and oxygen atoms in total. The van der Waals surface area contributed by atoms with E-state index >= 15 is 0 Å². The second kappa shape index (κ2) is 5.71. The highest BCUT2D eigenvalue weighted by molar-refractivity contribution is 7.89. The summed E-state index contributed by atoms with van der Waals surface area (Å²) in [6.07, 6.45) is 0. The van der Waals surface area contributed by atoms with Crippen molar-refractivity contribution in [3.8, 4) is 5.75 Å². The van der Waals surface area contributed by atoms with Crippen LogP contribution < -0.4 is 9.88 Å². The van der Waals surface area contributed by atoms with Gasteiger partial charge in [-0.2, -0.15) is 0 Å². The number of hydrogen-bond donors (Lipinski definition) is 1. The molecular weight excluding hydrogens is 326 g/mol. The van der Waals surface area contributed by atoms with Gasteiger partial charge in [0.05, 0.1) is 23.0 Å². The molecule has 0 saturated carbocycles. The molecule has 2 saturated heterocycles. The SMILES string of the molecule is NS(=O)(=O)c1ccc(OCCN2CC3(COC3)C2)c([N+](=O)[O-])c1. The van der Waals surface area contributed by atoms with E-state index in [9.17, 15) is 18.5 Å². The molecule has 126 valence electrons. The average molecular weight is 343 g/mol. The molecule has 1 spiro atoms. The molecule has 0 aliphatic carbocycles. The molecule has 2 aliphatic heterocycles. The molecule has 0 atom stereocenters. The van der Waals surface area contributed by atoms with E-state index in [0.717, 1.165) is 32.4 Å². The second-order valence-corrected chi connectivity index (χ2v) is 7.54. The van der Waals surface area contributed by atoms with Crippen LogP contribution in [0.2, 0.25) is 0 Å². The predicted molar refractivity (Wildman–Crippen MR) is 79.7 cm³/mol. The Morgan fingerprint density at radius 2 is 2.09 bits per heavy atom. The average Bonchev–Trinajstić information content (AvgIpc) is 2.38. The highest BCUT2D eigenvalue weighted by atomic mass is 32.2. The third kappa shape index (κ3) is 3.29. The van der Waals surface area contributed by atoms with E-state index in [1.165, 1.54) is 12.1 Å². The smallest absolute Gasteiger partial charge is 0.312 e. The fourth-order valence-electron chi connectivity index (χ4n) is 2.86. The number of benzene rings is 1. The molecule has 1 aromatic rings. The Balaban J connectivity index is 1.60. The fourth-order valence-corrected chi connectivity index (χ4v) is 3.39. The molecule has 3 rings (SSSR count). The number of rotatable bonds is 6. The van der Waals surface area contributed by atoms with Crippen LogP contribution in [-0.4, -0.2) is 57.7 Å². The number of nitrogens with zero attached hydrogens (tertiary/aromatic N) is 2. The number of hydrogen-bond acceptors (Lipinski definition) is 7. The molecule has 10 heteroatoms. The van der Waals surface area contributed by atoms with Gasteiger partial charge in [0.15, 0.2) is 5.75 Å². The first-order valence-electron chi connectivity index (χ1n) is 7.03. The van der Waals surface area contributed by atoms with Crippen LogP contribution in [0.15, 0.2) is 23.1 Å². The highest BCUT2D eigenvalue weighted by Crippen LogP contribution is 2.37. The first-order valence-corrected chi connectivity index (χ1v) is 8.58. The maximum Gasteiger partial charge on any atom is 0.312 e. The third-order valence-electron chi connectivity index (χ3n) is 4.06. The minimum Gasteiger partial charge on any atom is -0.485 e. The van der Waals surface area contributed by atoms with Crippen molar-refractivity contribution in [2.75, 3.05) is 39.5 Å². The lowest BCUT2D eigenvalue weighted by Crippen LogP contribution is -2.66. The molecule has 0 bridgehead atoms. The summed E-state index contributed by atoms with van der Waals surface area (Å²) < 4.78 is 33.2. The van der Waals surface area contributed by atoms with E-state index in [1.54, 1.807) is 0 Å². The lowest BCUT2D eigenvalue weighted by molar-refractivity contribution is -0.386. The Labute approximate surface area is 133 Å². The molecule has 0 amide bonds. The fraction of sp³-hybridized carbons (Fsp3) is 0.538. The van der Waals surface area contributed by atoms with Crippen LogP contribution in [0.25, 0.3) is 0 Å². The first kappa shape index (κ1) is 16.1. The molecule has 0 unspecified atom stereocenters. The Morgan fingerprint density at radius 1 is 1.39 bits per heavy atom. The molecule has 0 radical (unpaired) electrons. The number of likely N-dealkylation sites (tertiary alicyclic amines) is 1. The van der Waals surface area contributed by atoms with Crippen molar-refractivity contribution in [3.63, 3.8) is 0 Å². The number of nitro benzene ring substituents is 1. The summed E-state index contributed by atoms with van der Waals surface area (Å²) >= 11 is 0. The minimum atomic E-state index is -3.99. The molecule has 2 N–H and O–H groups in total. The lowest BCUT2D eigenvalue weighted by Gasteiger charge is -2.55. The molecule has 2 aliphatic rings. The zero-order chi connectivity index (χ0) is 16.7. The summed E-state index contributed by atoms with van der Waals surface area (Å²) in [6, 6.07) is 3.37. The lowest BCUT2D eigenvalue weighted by atomic mass is 9.78. The van der Waals surface area contributed by atoms with E-state index < -0.39 is 20.6 Å². The molecule has 23 heavy (non-hydrogen) atoms. The summed E-state index contributed by atoms with van der Waals surface area (Å²) in [5, 5.41) is 16.0. The normalized spacial score (nSPS) is 19.9. The van der Waals surface area contributed by atoms with Gasteiger partial charge < -0.3 is 9.47 Å². The van der Waals surface area contributed by atoms with E-state index in [2.05, 4.69) is 4.90 Å². The van der Waals surface area contributed by atoms with Gasteiger partial charge in [0.1, 0.15) is 6.61 Å². The zero-order valence-electron chi connectivity index (χ0n) is 12.3. The summed E-state index contributed by atoms with van der Waals surface area (Å²) in [4.78, 5) is 12.3. The van der Waals surface area contributed by atoms with E-state index in [0.29, 0.717) is 12.0 Å². The van der Waals surface area contributed by atoms with Crippen molar-refractivity contribution in [2.24, 2.45) is 10.6 Å². The van der Waals surface area contributed by atoms with E-state index in [-0.39, 0.29) is 17.3 Å². The van der Waals surface area contributed by atoms with Crippen molar-refractivity contribution < 1.29 is 22.8 Å². The summed E-state index contributed by atoms with van der Waals surface area (Å²) in [7, 11) is -3.99. The third-order valence-corrected chi connectivity index (χ3v) is 4.97. The number of sulfonamides is 1. The van der Waals surface area contributed by atoms with Gasteiger partial charge in [0.25, 0.3) is 0 Å². The van der Waals surface area contributed by atoms with Gasteiger partial charge in [0, 0.05) is 31.1 Å². The molecule has 0 aromatic heterocycles. The quantitative estimate of drug-likeness (QED) is 0.567. The largest absolute Gasteiger partial charge is 0.485 e. The van der Waals surface area contributed by atoms with Crippen LogP contribution >= 0.6 is 0 Å². The van der Waals surface area contributed by atoms with Gasteiger partial charge in [0.2, 0.25) is 10.0 Å². The van der Waals surface area contributed by atoms with Crippen molar-refractivity contribution in [1.29, 1.82) is 0 Å². The number of ether oxygens (including phenoxy) is 2. The number of nitrogens with two attached hydrogens (primary N) is 1. The van der Waals surface area contributed by atoms with Gasteiger partial charge >= 0.3 is 5.69 Å². The number of nitro groups is 1. The summed E-state index contributed by atoms with van der Waals surface area (Å²) in [6.45, 7) is 4.42. The van der Waals surface area contributed by atoms with E-state index in [1.807, 2.05) is 0 Å². The minimum absolute atomic E-state index is 0.0321. The van der Waals surface area contributed by atoms with Crippen molar-refractivity contribution in [1.82, 2.24) is 4.90 Å². The Bertz CT molecular complexity index is 723. The molecule has 2 fully saturated rings. The number of primary sulfonamides is 1. The van der Waals surface area contributed by atoms with Gasteiger partial charge in [-0.3, -0.25) is 15.0 Å². The van der Waals surface area contributed by atoms with Crippen LogP contribution in [-0.2, 0) is 14.8 Å². The molecular formula is C13H17N3O6S. The molecule has 1 aromatic carbocycles. The monoisotopic (exact) mass is 343 g/mol. The van der Waals surface area contributed by atoms with Crippen molar-refractivity contribution in [3.05, 3.63) is 28.3 Å². The first-order chi connectivity index (χ1) is 10.8. The Morgan fingerprint density at radius 3 is 2.61 bits per heavy atom. The van der Waals surface area contributed by atoms with E-state index in [4.69, 9.17) is 14.6 Å². The topological polar surface area (TPSA) is 125 Å². The zero-order valence-corrected chi connectivity index (χ0v) is 13.1. The highest BCUT2D eigenvalue weighted by Gasteiger charge is 2.48. The van der Waals surface area contributed by atoms with Crippen LogP contribution in [0.3, 0.4) is 0 Å². The second-order valence-electron chi connectivity index (χ2n) is 5.98. The van der Waals surface area contributed by atoms with Crippen LogP contribution in [0, 0.1) is 15.5 Å². The van der Waals surface area contributed by atoms with Gasteiger partial charge in [-0.05, 0) is 12.1 Å². The summed E-state index contributed by atoms with van der Waals surface area (Å²) in [5.74, 6) is 0.0321. The maximum absolute atomic E-state index is 11.3. The Kier molecular flexibility index (Phi) is 4.00. The standard InChI is InChI=1S/C13H17N3O6S/c14-23(19,20)10-1-2-12(11(5-10)16(17)18)22-4-3-15-6-13(7-15)8-21-9-13/h1-2,5H,3-4,6-9H2,(H2,14,19,20). The maximum atomic E-state index is 11.3. The van der Waals surface area contributed by atoms with Crippen LogP contribution in [0.4, 0.5) is 5.69 Å².